The average molecular weight is 575 g/mol. The summed E-state index contributed by atoms with van der Waals surface area (Å²) in [5, 5.41) is 9.54. The molecule has 0 unspecified atom stereocenters. The van der Waals surface area contributed by atoms with Gasteiger partial charge in [-0.2, -0.15) is 4.31 Å². The zero-order valence-corrected chi connectivity index (χ0v) is 23.2. The molecular weight excluding hydrogens is 540 g/mol. The zero-order valence-electron chi connectivity index (χ0n) is 22.4. The number of sulfonamides is 1. The molecule has 0 radical (unpaired) electrons. The smallest absolute Gasteiger partial charge is 0.288 e. The molecule has 0 aliphatic carbocycles. The van der Waals surface area contributed by atoms with Crippen LogP contribution < -0.4 is 14.2 Å². The topological polar surface area (TPSA) is 124 Å². The summed E-state index contributed by atoms with van der Waals surface area (Å²) in [6.45, 7) is 1.07. The van der Waals surface area contributed by atoms with E-state index >= 15 is 0 Å². The van der Waals surface area contributed by atoms with E-state index in [1.807, 2.05) is 24.3 Å². The number of amides is 1. The number of benzene rings is 2. The molecule has 3 aliphatic rings. The minimum atomic E-state index is -3.89. The molecule has 5 rings (SSSR count). The monoisotopic (exact) mass is 574 g/mol. The molecule has 2 aromatic rings. The van der Waals surface area contributed by atoms with Crippen LogP contribution in [0.4, 0.5) is 0 Å². The Labute approximate surface area is 233 Å². The molecule has 1 N–H and O–H groups in total. The minimum Gasteiger partial charge on any atom is -0.497 e. The lowest BCUT2D eigenvalue weighted by molar-refractivity contribution is -0.152. The van der Waals surface area contributed by atoms with Gasteiger partial charge in [0.25, 0.3) is 5.91 Å². The van der Waals surface area contributed by atoms with Crippen LogP contribution in [0.1, 0.15) is 30.7 Å². The summed E-state index contributed by atoms with van der Waals surface area (Å²) >= 11 is 0. The van der Waals surface area contributed by atoms with Gasteiger partial charge in [0.2, 0.25) is 23.1 Å². The Balaban J connectivity index is 1.29. The lowest BCUT2D eigenvalue weighted by Crippen LogP contribution is -2.38. The molecule has 12 heteroatoms. The minimum absolute atomic E-state index is 0.000898. The van der Waals surface area contributed by atoms with Gasteiger partial charge in [0.1, 0.15) is 5.75 Å². The summed E-state index contributed by atoms with van der Waals surface area (Å²) in [6, 6.07) is 11.7. The molecule has 40 heavy (non-hydrogen) atoms. The van der Waals surface area contributed by atoms with Gasteiger partial charge in [-0.05, 0) is 60.9 Å². The first kappa shape index (κ1) is 28.2. The first-order valence-electron chi connectivity index (χ1n) is 13.3. The summed E-state index contributed by atoms with van der Waals surface area (Å²) < 4.78 is 55.7. The lowest BCUT2D eigenvalue weighted by atomic mass is 9.92. The van der Waals surface area contributed by atoms with E-state index in [9.17, 15) is 18.3 Å². The third-order valence-corrected chi connectivity index (χ3v) is 9.09. The zero-order chi connectivity index (χ0) is 28.1. The van der Waals surface area contributed by atoms with Gasteiger partial charge < -0.3 is 33.7 Å². The molecule has 2 aromatic carbocycles. The van der Waals surface area contributed by atoms with Crippen molar-refractivity contribution in [1.29, 1.82) is 0 Å². The number of carbonyl (C=O) groups is 1. The van der Waals surface area contributed by atoms with Crippen molar-refractivity contribution in [2.75, 3.05) is 53.3 Å². The van der Waals surface area contributed by atoms with Gasteiger partial charge in [-0.3, -0.25) is 4.79 Å². The van der Waals surface area contributed by atoms with E-state index in [0.29, 0.717) is 36.8 Å². The molecule has 2 atom stereocenters. The quantitative estimate of drug-likeness (QED) is 0.431. The van der Waals surface area contributed by atoms with E-state index in [4.69, 9.17) is 23.7 Å². The maximum Gasteiger partial charge on any atom is 0.288 e. The third-order valence-electron chi connectivity index (χ3n) is 7.18. The molecule has 1 saturated heterocycles. The molecule has 3 heterocycles. The Morgan fingerprint density at radius 2 is 1.82 bits per heavy atom. The number of hydrogen-bond acceptors (Lipinski definition) is 9. The van der Waals surface area contributed by atoms with E-state index in [1.54, 1.807) is 17.0 Å². The van der Waals surface area contributed by atoms with Gasteiger partial charge in [0, 0.05) is 38.5 Å². The maximum absolute atomic E-state index is 13.2. The summed E-state index contributed by atoms with van der Waals surface area (Å²) in [5.74, 6) is 1.70. The van der Waals surface area contributed by atoms with Crippen molar-refractivity contribution in [3.8, 4) is 17.2 Å². The van der Waals surface area contributed by atoms with E-state index in [0.717, 1.165) is 18.4 Å². The molecule has 11 nitrogen and oxygen atoms in total. The van der Waals surface area contributed by atoms with Crippen LogP contribution >= 0.6 is 0 Å². The molecule has 3 aliphatic heterocycles. The Morgan fingerprint density at radius 3 is 2.55 bits per heavy atom. The van der Waals surface area contributed by atoms with Crippen molar-refractivity contribution in [2.24, 2.45) is 0 Å². The molecule has 1 fully saturated rings. The van der Waals surface area contributed by atoms with Crippen molar-refractivity contribution in [2.45, 2.75) is 36.4 Å². The van der Waals surface area contributed by atoms with E-state index < -0.39 is 16.3 Å². The Morgan fingerprint density at radius 1 is 1.07 bits per heavy atom. The second kappa shape index (κ2) is 12.5. The van der Waals surface area contributed by atoms with Crippen molar-refractivity contribution in [3.05, 3.63) is 59.9 Å². The van der Waals surface area contributed by atoms with Crippen molar-refractivity contribution in [3.63, 3.8) is 0 Å². The van der Waals surface area contributed by atoms with Crippen LogP contribution in [0.2, 0.25) is 0 Å². The predicted molar refractivity (Wildman–Crippen MR) is 143 cm³/mol. The number of hydrogen-bond donors (Lipinski definition) is 1. The van der Waals surface area contributed by atoms with Crippen LogP contribution in [-0.2, 0) is 24.3 Å². The summed E-state index contributed by atoms with van der Waals surface area (Å²) in [5.41, 5.74) is 0.928. The van der Waals surface area contributed by atoms with Gasteiger partial charge in [-0.1, -0.05) is 6.07 Å². The Bertz CT molecular complexity index is 1320. The average Bonchev–Trinajstić information content (AvgIpc) is 3.68. The number of aliphatic hydroxyl groups excluding tert-OH is 1. The number of methoxy groups -OCH3 is 1. The first-order chi connectivity index (χ1) is 19.4. The van der Waals surface area contributed by atoms with E-state index in [-0.39, 0.29) is 55.6 Å². The normalized spacial score (nSPS) is 20.4. The Kier molecular flexibility index (Phi) is 8.79. The second-order valence-corrected chi connectivity index (χ2v) is 11.6. The van der Waals surface area contributed by atoms with Gasteiger partial charge in [-0.15, -0.1) is 0 Å². The van der Waals surface area contributed by atoms with Crippen LogP contribution in [0.15, 0.2) is 59.2 Å². The number of allylic oxidation sites excluding steroid dienone is 1. The number of likely N-dealkylation sites (tertiary alicyclic amines) is 1. The largest absolute Gasteiger partial charge is 0.497 e. The Hall–Kier alpha value is -3.32. The van der Waals surface area contributed by atoms with Gasteiger partial charge in [0.05, 0.1) is 25.2 Å². The number of ether oxygens (including phenoxy) is 5. The summed E-state index contributed by atoms with van der Waals surface area (Å²) in [4.78, 5) is 15.1. The van der Waals surface area contributed by atoms with Gasteiger partial charge in [-0.25, -0.2) is 8.42 Å². The van der Waals surface area contributed by atoms with Crippen molar-refractivity contribution in [1.82, 2.24) is 9.21 Å². The third kappa shape index (κ3) is 6.20. The fourth-order valence-electron chi connectivity index (χ4n) is 5.01. The number of aliphatic hydroxyl groups is 1. The van der Waals surface area contributed by atoms with Crippen LogP contribution in [0.5, 0.6) is 17.2 Å². The highest BCUT2D eigenvalue weighted by molar-refractivity contribution is 7.89. The van der Waals surface area contributed by atoms with Crippen LogP contribution in [0.25, 0.3) is 0 Å². The SMILES string of the molecule is COc1ccc(S(=O)(=O)N(CCO)CCO[C@H]2C[C@@H](c3ccc4c(c3)OCO4)C=C(C(=O)N3CCCC3)O2)cc1. The van der Waals surface area contributed by atoms with Gasteiger partial charge in [0.15, 0.2) is 17.3 Å². The highest BCUT2D eigenvalue weighted by Crippen LogP contribution is 2.38. The highest BCUT2D eigenvalue weighted by atomic mass is 32.2. The van der Waals surface area contributed by atoms with Crippen LogP contribution in [0, 0.1) is 0 Å². The lowest BCUT2D eigenvalue weighted by Gasteiger charge is -2.31. The first-order valence-corrected chi connectivity index (χ1v) is 14.8. The molecule has 0 spiro atoms. The molecule has 1 amide bonds. The highest BCUT2D eigenvalue weighted by Gasteiger charge is 2.33. The molecular formula is C28H34N2O9S. The summed E-state index contributed by atoms with van der Waals surface area (Å²) in [7, 11) is -2.38. The number of nitrogens with zero attached hydrogens (tertiary/aromatic N) is 2. The number of rotatable bonds is 11. The number of carbonyl (C=O) groups excluding carboxylic acids is 1. The van der Waals surface area contributed by atoms with E-state index in [2.05, 4.69) is 0 Å². The number of fused-ring (bicyclic) bond motifs is 1. The molecule has 0 bridgehead atoms. The van der Waals surface area contributed by atoms with Crippen molar-refractivity contribution < 1.29 is 42.0 Å². The predicted octanol–water partition coefficient (Wildman–Crippen LogP) is 2.46. The second-order valence-electron chi connectivity index (χ2n) is 9.71. The van der Waals surface area contributed by atoms with Crippen molar-refractivity contribution >= 4 is 15.9 Å². The fraction of sp³-hybridized carbons (Fsp3) is 0.464. The summed E-state index contributed by atoms with van der Waals surface area (Å²) in [6.07, 6.45) is 3.37. The van der Waals surface area contributed by atoms with Crippen LogP contribution in [0.3, 0.4) is 0 Å². The van der Waals surface area contributed by atoms with Crippen LogP contribution in [-0.4, -0.2) is 88.2 Å². The molecule has 0 saturated carbocycles. The maximum atomic E-state index is 13.2. The standard InChI is InChI=1S/C28H34N2O9S/c1-35-22-5-7-23(8-6-22)40(33,34)30(12-14-31)13-15-36-27-18-21(20-4-9-24-25(16-20)38-19-37-24)17-26(39-27)28(32)29-10-2-3-11-29/h4-9,16-17,21,27,31H,2-3,10-15,18-19H2,1H3/t21-,27+/m0/s1. The van der Waals surface area contributed by atoms with E-state index in [1.165, 1.54) is 23.5 Å². The molecule has 216 valence electrons. The fourth-order valence-corrected chi connectivity index (χ4v) is 6.42. The molecule has 0 aromatic heterocycles. The van der Waals surface area contributed by atoms with Gasteiger partial charge >= 0.3 is 0 Å².